The minimum atomic E-state index is -4.59. The molecule has 4 rings (SSSR count). The predicted octanol–water partition coefficient (Wildman–Crippen LogP) is 4.22. The van der Waals surface area contributed by atoms with Crippen LogP contribution < -0.4 is 9.47 Å². The molecule has 0 atom stereocenters. The first-order chi connectivity index (χ1) is 18.5. The van der Waals surface area contributed by atoms with Crippen molar-refractivity contribution in [3.05, 3.63) is 107 Å². The number of hydrogen-bond donors (Lipinski definition) is 4. The third-order valence-electron chi connectivity index (χ3n) is 5.44. The Hall–Kier alpha value is -4.87. The number of phenols is 3. The van der Waals surface area contributed by atoms with Crippen molar-refractivity contribution in [3.63, 3.8) is 0 Å². The lowest BCUT2D eigenvalue weighted by molar-refractivity contribution is 0.102. The number of para-hydroxylation sites is 1. The second-order valence-electron chi connectivity index (χ2n) is 7.92. The zero-order chi connectivity index (χ0) is 28.7. The van der Waals surface area contributed by atoms with Gasteiger partial charge in [0.1, 0.15) is 33.6 Å². The topological polar surface area (TPSA) is 168 Å². The molecule has 39 heavy (non-hydrogen) atoms. The van der Waals surface area contributed by atoms with E-state index in [-0.39, 0.29) is 39.5 Å². The third kappa shape index (κ3) is 6.72. The summed E-state index contributed by atoms with van der Waals surface area (Å²) in [5, 5.41) is 29.2. The highest BCUT2D eigenvalue weighted by molar-refractivity contribution is 7.86. The van der Waals surface area contributed by atoms with E-state index in [0.29, 0.717) is 5.75 Å². The molecule has 0 bridgehead atoms. The molecule has 0 aliphatic rings. The van der Waals surface area contributed by atoms with Gasteiger partial charge in [0.2, 0.25) is 0 Å². The fourth-order valence-corrected chi connectivity index (χ4v) is 4.14. The van der Waals surface area contributed by atoms with Crippen LogP contribution in [-0.4, -0.2) is 54.1 Å². The van der Waals surface area contributed by atoms with Gasteiger partial charge < -0.3 is 24.8 Å². The highest BCUT2D eigenvalue weighted by Crippen LogP contribution is 2.33. The van der Waals surface area contributed by atoms with Crippen LogP contribution in [0.2, 0.25) is 0 Å². The van der Waals surface area contributed by atoms with Crippen LogP contribution in [-0.2, 0) is 10.1 Å². The van der Waals surface area contributed by atoms with Crippen molar-refractivity contribution in [3.8, 4) is 28.7 Å². The van der Waals surface area contributed by atoms with E-state index in [1.165, 1.54) is 50.6 Å². The molecular formula is C28H24O10S. The van der Waals surface area contributed by atoms with Crippen molar-refractivity contribution in [2.75, 3.05) is 14.2 Å². The number of carbonyl (C=O) groups is 2. The minimum Gasteiger partial charge on any atom is -0.507 e. The molecule has 0 saturated carbocycles. The van der Waals surface area contributed by atoms with Crippen LogP contribution in [0, 0.1) is 0 Å². The average molecular weight is 553 g/mol. The summed E-state index contributed by atoms with van der Waals surface area (Å²) in [6.07, 6.45) is 0. The molecule has 4 N–H and O–H groups in total. The maximum atomic E-state index is 12.3. The standard InChI is InChI=1S/C14H12O6S.C14H12O4/c1-20-12-8-11(15)10(7-13(12)21(17,18)19)14(16)9-5-3-2-4-6-9;1-18-9-6-7-11(13(16)8-9)14(17)10-4-2-3-5-12(10)15/h2-8,15H,1H3,(H,17,18,19);2-8,15-16H,1H3. The number of phenolic OH excluding ortho intramolecular Hbond substituents is 3. The van der Waals surface area contributed by atoms with E-state index >= 15 is 0 Å². The summed E-state index contributed by atoms with van der Waals surface area (Å²) in [5.74, 6) is -1.52. The molecule has 0 amide bonds. The van der Waals surface area contributed by atoms with Gasteiger partial charge in [-0.3, -0.25) is 14.1 Å². The van der Waals surface area contributed by atoms with E-state index in [1.807, 2.05) is 0 Å². The van der Waals surface area contributed by atoms with Crippen LogP contribution in [0.3, 0.4) is 0 Å². The molecule has 11 heteroatoms. The van der Waals surface area contributed by atoms with Gasteiger partial charge in [0.05, 0.1) is 30.9 Å². The summed E-state index contributed by atoms with van der Waals surface area (Å²) in [6, 6.07) is 20.5. The smallest absolute Gasteiger partial charge is 0.298 e. The number of hydrogen-bond acceptors (Lipinski definition) is 9. The number of aromatic hydroxyl groups is 3. The van der Waals surface area contributed by atoms with Gasteiger partial charge in [0.25, 0.3) is 10.1 Å². The van der Waals surface area contributed by atoms with E-state index in [1.54, 1.807) is 36.4 Å². The first-order valence-electron chi connectivity index (χ1n) is 11.2. The molecule has 0 heterocycles. The largest absolute Gasteiger partial charge is 0.507 e. The first-order valence-corrected chi connectivity index (χ1v) is 12.6. The molecule has 0 aliphatic heterocycles. The van der Waals surface area contributed by atoms with Crippen molar-refractivity contribution in [2.45, 2.75) is 4.90 Å². The van der Waals surface area contributed by atoms with E-state index in [4.69, 9.17) is 14.0 Å². The minimum absolute atomic E-state index is 0.113. The molecule has 0 aliphatic carbocycles. The molecule has 10 nitrogen and oxygen atoms in total. The number of benzene rings is 4. The second-order valence-corrected chi connectivity index (χ2v) is 9.31. The summed E-state index contributed by atoms with van der Waals surface area (Å²) in [4.78, 5) is 23.8. The zero-order valence-electron chi connectivity index (χ0n) is 20.7. The lowest BCUT2D eigenvalue weighted by Gasteiger charge is -2.10. The summed E-state index contributed by atoms with van der Waals surface area (Å²) in [5.41, 5.74) is 0.309. The fraction of sp³-hybridized carbons (Fsp3) is 0.0714. The highest BCUT2D eigenvalue weighted by atomic mass is 32.2. The van der Waals surface area contributed by atoms with Gasteiger partial charge in [-0.05, 0) is 30.3 Å². The molecular weight excluding hydrogens is 528 g/mol. The van der Waals surface area contributed by atoms with Crippen LogP contribution in [0.1, 0.15) is 31.8 Å². The second kappa shape index (κ2) is 12.1. The Balaban J connectivity index is 0.000000218. The number of methoxy groups -OCH3 is 2. The van der Waals surface area contributed by atoms with Gasteiger partial charge in [-0.2, -0.15) is 8.42 Å². The van der Waals surface area contributed by atoms with Crippen molar-refractivity contribution in [1.29, 1.82) is 0 Å². The Kier molecular flexibility index (Phi) is 8.92. The zero-order valence-corrected chi connectivity index (χ0v) is 21.5. The predicted molar refractivity (Wildman–Crippen MR) is 141 cm³/mol. The number of rotatable bonds is 7. The molecule has 202 valence electrons. The Labute approximate surface area is 224 Å². The fourth-order valence-electron chi connectivity index (χ4n) is 3.48. The number of ketones is 2. The lowest BCUT2D eigenvalue weighted by Crippen LogP contribution is -2.07. The van der Waals surface area contributed by atoms with Crippen LogP contribution >= 0.6 is 0 Å². The first kappa shape index (κ1) is 28.7. The summed E-state index contributed by atoms with van der Waals surface area (Å²) in [7, 11) is -1.93. The van der Waals surface area contributed by atoms with E-state index in [2.05, 4.69) is 0 Å². The van der Waals surface area contributed by atoms with E-state index in [9.17, 15) is 33.3 Å². The van der Waals surface area contributed by atoms with Gasteiger partial charge in [0.15, 0.2) is 11.6 Å². The van der Waals surface area contributed by atoms with Gasteiger partial charge in [-0.25, -0.2) is 0 Å². The number of ether oxygens (including phenoxy) is 2. The molecule has 0 saturated heterocycles. The maximum absolute atomic E-state index is 12.3. The Morgan fingerprint density at radius 3 is 1.79 bits per heavy atom. The van der Waals surface area contributed by atoms with Gasteiger partial charge in [-0.15, -0.1) is 0 Å². The number of carbonyl (C=O) groups excluding carboxylic acids is 2. The van der Waals surface area contributed by atoms with Crippen LogP contribution in [0.15, 0.2) is 89.8 Å². The SMILES string of the molecule is COc1cc(O)c(C(=O)c2ccccc2)cc1S(=O)(=O)O.COc1ccc(C(=O)c2ccccc2O)c(O)c1. The van der Waals surface area contributed by atoms with Gasteiger partial charge >= 0.3 is 0 Å². The summed E-state index contributed by atoms with van der Waals surface area (Å²) >= 11 is 0. The van der Waals surface area contributed by atoms with Crippen LogP contribution in [0.4, 0.5) is 0 Å². The van der Waals surface area contributed by atoms with Crippen LogP contribution in [0.25, 0.3) is 0 Å². The molecule has 0 unspecified atom stereocenters. The van der Waals surface area contributed by atoms with Gasteiger partial charge in [0, 0.05) is 17.7 Å². The van der Waals surface area contributed by atoms with E-state index in [0.717, 1.165) is 12.1 Å². The average Bonchev–Trinajstić information content (AvgIpc) is 2.92. The monoisotopic (exact) mass is 552 g/mol. The summed E-state index contributed by atoms with van der Waals surface area (Å²) in [6.45, 7) is 0. The normalized spacial score (nSPS) is 10.6. The van der Waals surface area contributed by atoms with Crippen molar-refractivity contribution in [2.24, 2.45) is 0 Å². The van der Waals surface area contributed by atoms with Crippen LogP contribution in [0.5, 0.6) is 28.7 Å². The maximum Gasteiger partial charge on any atom is 0.298 e. The van der Waals surface area contributed by atoms with Crippen molar-refractivity contribution < 1.29 is 47.4 Å². The Bertz CT molecular complexity index is 1610. The highest BCUT2D eigenvalue weighted by Gasteiger charge is 2.23. The van der Waals surface area contributed by atoms with E-state index < -0.39 is 32.3 Å². The lowest BCUT2D eigenvalue weighted by atomic mass is 10.0. The molecule has 0 aromatic heterocycles. The quantitative estimate of drug-likeness (QED) is 0.192. The molecule has 0 radical (unpaired) electrons. The van der Waals surface area contributed by atoms with Crippen molar-refractivity contribution in [1.82, 2.24) is 0 Å². The molecule has 0 spiro atoms. The van der Waals surface area contributed by atoms with Crippen molar-refractivity contribution >= 4 is 21.7 Å². The Morgan fingerprint density at radius 2 is 1.23 bits per heavy atom. The molecule has 4 aromatic carbocycles. The summed E-state index contributed by atoms with van der Waals surface area (Å²) < 4.78 is 41.5. The molecule has 4 aromatic rings. The third-order valence-corrected chi connectivity index (χ3v) is 6.31. The van der Waals surface area contributed by atoms with Gasteiger partial charge in [-0.1, -0.05) is 42.5 Å². The Morgan fingerprint density at radius 1 is 0.641 bits per heavy atom. The molecule has 0 fully saturated rings.